The molecule has 1 aliphatic carbocycles. The summed E-state index contributed by atoms with van der Waals surface area (Å²) in [4.78, 5) is 0. The Bertz CT molecular complexity index is 893. The van der Waals surface area contributed by atoms with Crippen molar-refractivity contribution in [1.29, 1.82) is 0 Å². The lowest BCUT2D eigenvalue weighted by atomic mass is 9.79. The number of ether oxygens (including phenoxy) is 1. The molecule has 2 aromatic rings. The summed E-state index contributed by atoms with van der Waals surface area (Å²) in [5.74, 6) is 0. The Morgan fingerprint density at radius 3 is 2.21 bits per heavy atom. The highest BCUT2D eigenvalue weighted by Gasteiger charge is 2.53. The van der Waals surface area contributed by atoms with E-state index >= 15 is 0 Å². The van der Waals surface area contributed by atoms with Crippen molar-refractivity contribution >= 4 is 11.6 Å². The summed E-state index contributed by atoms with van der Waals surface area (Å²) in [6.45, 7) is 3.25. The molecule has 0 aromatic heterocycles. The number of benzene rings is 2. The van der Waals surface area contributed by atoms with Gasteiger partial charge in [0.25, 0.3) is 0 Å². The smallest absolute Gasteiger partial charge is 0.119 e. The first kappa shape index (κ1) is 20.8. The van der Waals surface area contributed by atoms with Crippen molar-refractivity contribution in [2.45, 2.75) is 62.1 Å². The standard InChI is InChI=1S/C23H27ClO5/c1-13-3-5-14(6-4-13)23(9-10-23)16-11-15(7-8-17(16)24)22(2)21(28)20(27)19(26)18(12-25)29-22/h3-8,11,18-21,25-28H,9-10,12H2,1-2H3. The average molecular weight is 419 g/mol. The minimum absolute atomic E-state index is 0.175. The SMILES string of the molecule is Cc1ccc(C2(c3cc(C4(C)OC(CO)C(O)C(O)C4O)ccc3Cl)CC2)cc1. The van der Waals surface area contributed by atoms with Crippen LogP contribution in [0, 0.1) is 6.92 Å². The van der Waals surface area contributed by atoms with Gasteiger partial charge in [0.05, 0.1) is 6.61 Å². The van der Waals surface area contributed by atoms with Crippen LogP contribution in [-0.4, -0.2) is 51.4 Å². The van der Waals surface area contributed by atoms with Crippen LogP contribution in [0.25, 0.3) is 0 Å². The Kier molecular flexibility index (Phi) is 5.26. The molecule has 1 saturated heterocycles. The molecule has 0 bridgehead atoms. The lowest BCUT2D eigenvalue weighted by Crippen LogP contribution is -2.62. The highest BCUT2D eigenvalue weighted by atomic mass is 35.5. The molecule has 4 N–H and O–H groups in total. The largest absolute Gasteiger partial charge is 0.394 e. The molecule has 0 amide bonds. The summed E-state index contributed by atoms with van der Waals surface area (Å²) < 4.78 is 5.90. The molecule has 6 heteroatoms. The maximum absolute atomic E-state index is 10.7. The summed E-state index contributed by atoms with van der Waals surface area (Å²) in [6.07, 6.45) is -3.21. The van der Waals surface area contributed by atoms with Crippen molar-refractivity contribution in [2.75, 3.05) is 6.61 Å². The van der Waals surface area contributed by atoms with Gasteiger partial charge in [0, 0.05) is 10.4 Å². The first-order valence-electron chi connectivity index (χ1n) is 9.93. The molecule has 0 spiro atoms. The second-order valence-electron chi connectivity index (χ2n) is 8.51. The van der Waals surface area contributed by atoms with E-state index in [4.69, 9.17) is 16.3 Å². The zero-order valence-electron chi connectivity index (χ0n) is 16.5. The molecular weight excluding hydrogens is 392 g/mol. The maximum atomic E-state index is 10.7. The van der Waals surface area contributed by atoms with E-state index in [1.165, 1.54) is 11.1 Å². The van der Waals surface area contributed by atoms with Crippen molar-refractivity contribution in [1.82, 2.24) is 0 Å². The molecule has 2 fully saturated rings. The van der Waals surface area contributed by atoms with E-state index in [2.05, 4.69) is 31.2 Å². The van der Waals surface area contributed by atoms with Gasteiger partial charge in [0.2, 0.25) is 0 Å². The summed E-state index contributed by atoms with van der Waals surface area (Å²) >= 11 is 6.60. The van der Waals surface area contributed by atoms with Crippen LogP contribution in [0.3, 0.4) is 0 Å². The van der Waals surface area contributed by atoms with Crippen LogP contribution in [0.1, 0.15) is 42.0 Å². The lowest BCUT2D eigenvalue weighted by molar-refractivity contribution is -0.273. The van der Waals surface area contributed by atoms with E-state index in [1.54, 1.807) is 19.1 Å². The third kappa shape index (κ3) is 3.30. The molecule has 156 valence electrons. The minimum Gasteiger partial charge on any atom is -0.394 e. The minimum atomic E-state index is -1.43. The van der Waals surface area contributed by atoms with Gasteiger partial charge in [-0.05, 0) is 49.4 Å². The van der Waals surface area contributed by atoms with Crippen LogP contribution in [0.2, 0.25) is 5.02 Å². The molecule has 1 aliphatic heterocycles. The highest BCUT2D eigenvalue weighted by molar-refractivity contribution is 6.31. The molecule has 2 aromatic carbocycles. The van der Waals surface area contributed by atoms with Gasteiger partial charge in [-0.1, -0.05) is 53.6 Å². The fourth-order valence-corrected chi connectivity index (χ4v) is 4.78. The zero-order chi connectivity index (χ0) is 21.0. The molecule has 1 heterocycles. The summed E-state index contributed by atoms with van der Waals surface area (Å²) in [5, 5.41) is 41.3. The van der Waals surface area contributed by atoms with E-state index in [-0.39, 0.29) is 5.41 Å². The van der Waals surface area contributed by atoms with Crippen LogP contribution >= 0.6 is 11.6 Å². The number of aliphatic hydroxyl groups is 4. The second-order valence-corrected chi connectivity index (χ2v) is 8.92. The maximum Gasteiger partial charge on any atom is 0.119 e. The van der Waals surface area contributed by atoms with E-state index < -0.39 is 36.6 Å². The van der Waals surface area contributed by atoms with Crippen LogP contribution in [-0.2, 0) is 15.8 Å². The van der Waals surface area contributed by atoms with Crippen molar-refractivity contribution in [3.8, 4) is 0 Å². The number of hydrogen-bond acceptors (Lipinski definition) is 5. The molecule has 2 aliphatic rings. The number of rotatable bonds is 4. The zero-order valence-corrected chi connectivity index (χ0v) is 17.3. The molecule has 5 unspecified atom stereocenters. The molecule has 5 nitrogen and oxygen atoms in total. The average Bonchev–Trinajstić information content (AvgIpc) is 3.51. The Labute approximate surface area is 175 Å². The molecule has 1 saturated carbocycles. The number of hydrogen-bond donors (Lipinski definition) is 4. The number of aliphatic hydroxyl groups excluding tert-OH is 4. The van der Waals surface area contributed by atoms with Gasteiger partial charge in [-0.25, -0.2) is 0 Å². The van der Waals surface area contributed by atoms with Crippen LogP contribution in [0.15, 0.2) is 42.5 Å². The van der Waals surface area contributed by atoms with Gasteiger partial charge in [0.1, 0.15) is 30.0 Å². The van der Waals surface area contributed by atoms with Gasteiger partial charge in [-0.15, -0.1) is 0 Å². The predicted octanol–water partition coefficient (Wildman–Crippen LogP) is 2.42. The molecule has 0 radical (unpaired) electrons. The number of halogens is 1. The van der Waals surface area contributed by atoms with Crippen LogP contribution in [0.5, 0.6) is 0 Å². The Hall–Kier alpha value is -1.47. The normalized spacial score (nSPS) is 33.5. The Morgan fingerprint density at radius 2 is 1.62 bits per heavy atom. The van der Waals surface area contributed by atoms with Gasteiger partial charge < -0.3 is 25.2 Å². The van der Waals surface area contributed by atoms with E-state index in [1.807, 2.05) is 6.07 Å². The van der Waals surface area contributed by atoms with Gasteiger partial charge in [-0.3, -0.25) is 0 Å². The number of aryl methyl sites for hydroxylation is 1. The van der Waals surface area contributed by atoms with Crippen molar-refractivity contribution < 1.29 is 25.2 Å². The fraction of sp³-hybridized carbons (Fsp3) is 0.478. The predicted molar refractivity (Wildman–Crippen MR) is 110 cm³/mol. The summed E-state index contributed by atoms with van der Waals surface area (Å²) in [7, 11) is 0. The van der Waals surface area contributed by atoms with Gasteiger partial charge in [-0.2, -0.15) is 0 Å². The Morgan fingerprint density at radius 1 is 1.00 bits per heavy atom. The van der Waals surface area contributed by atoms with E-state index in [9.17, 15) is 20.4 Å². The molecule has 29 heavy (non-hydrogen) atoms. The molecular formula is C23H27ClO5. The first-order chi connectivity index (χ1) is 13.7. The second kappa shape index (κ2) is 7.34. The molecule has 5 atom stereocenters. The summed E-state index contributed by atoms with van der Waals surface area (Å²) in [5.41, 5.74) is 2.52. The Balaban J connectivity index is 1.76. The van der Waals surface area contributed by atoms with Gasteiger partial charge >= 0.3 is 0 Å². The lowest BCUT2D eigenvalue weighted by Gasteiger charge is -2.47. The topological polar surface area (TPSA) is 90.2 Å². The van der Waals surface area contributed by atoms with Crippen molar-refractivity contribution in [3.63, 3.8) is 0 Å². The van der Waals surface area contributed by atoms with Gasteiger partial charge in [0.15, 0.2) is 0 Å². The van der Waals surface area contributed by atoms with Crippen LogP contribution in [0.4, 0.5) is 0 Å². The van der Waals surface area contributed by atoms with E-state index in [0.717, 1.165) is 18.4 Å². The van der Waals surface area contributed by atoms with Crippen molar-refractivity contribution in [2.24, 2.45) is 0 Å². The quantitative estimate of drug-likeness (QED) is 0.612. The van der Waals surface area contributed by atoms with E-state index in [0.29, 0.717) is 10.6 Å². The van der Waals surface area contributed by atoms with Crippen molar-refractivity contribution in [3.05, 3.63) is 69.7 Å². The highest BCUT2D eigenvalue weighted by Crippen LogP contribution is 2.56. The third-order valence-electron chi connectivity index (χ3n) is 6.60. The monoisotopic (exact) mass is 418 g/mol. The molecule has 4 rings (SSSR count). The fourth-order valence-electron chi connectivity index (χ4n) is 4.48. The summed E-state index contributed by atoms with van der Waals surface area (Å²) in [6, 6.07) is 13.9. The third-order valence-corrected chi connectivity index (χ3v) is 6.93. The first-order valence-corrected chi connectivity index (χ1v) is 10.3. The van der Waals surface area contributed by atoms with Crippen LogP contribution < -0.4 is 0 Å².